The molecule has 1 aliphatic rings. The normalized spacial score (nSPS) is 13.2. The molecule has 11 heteroatoms. The molecule has 1 saturated heterocycles. The van der Waals surface area contributed by atoms with Crippen molar-refractivity contribution in [3.8, 4) is 28.7 Å². The van der Waals surface area contributed by atoms with E-state index in [1.54, 1.807) is 38.6 Å². The van der Waals surface area contributed by atoms with E-state index in [0.717, 1.165) is 37.6 Å². The number of nitrogens with zero attached hydrogens (tertiary/aromatic N) is 1. The number of fused-ring (bicyclic) bond motifs is 1. The highest BCUT2D eigenvalue weighted by atomic mass is 19.1. The third-order valence-electron chi connectivity index (χ3n) is 7.38. The Balaban J connectivity index is 1.21. The Morgan fingerprint density at radius 1 is 0.955 bits per heavy atom. The fraction of sp³-hybridized carbons (Fsp3) is 0.303. The van der Waals surface area contributed by atoms with Crippen LogP contribution in [0.15, 0.2) is 66.9 Å². The van der Waals surface area contributed by atoms with Gasteiger partial charge in [0.1, 0.15) is 17.0 Å². The van der Waals surface area contributed by atoms with Gasteiger partial charge in [0.2, 0.25) is 0 Å². The summed E-state index contributed by atoms with van der Waals surface area (Å²) in [5.74, 6) is 0.0712. The van der Waals surface area contributed by atoms with Crippen LogP contribution < -0.4 is 34.9 Å². The van der Waals surface area contributed by atoms with E-state index in [1.807, 2.05) is 24.3 Å². The zero-order valence-corrected chi connectivity index (χ0v) is 24.7. The second-order valence-corrected chi connectivity index (χ2v) is 10.4. The van der Waals surface area contributed by atoms with Crippen molar-refractivity contribution in [1.29, 1.82) is 0 Å². The number of amides is 2. The average Bonchev–Trinajstić information content (AvgIpc) is 3.05. The molecule has 2 heterocycles. The molecule has 4 aromatic rings. The van der Waals surface area contributed by atoms with Gasteiger partial charge in [-0.05, 0) is 86.3 Å². The van der Waals surface area contributed by atoms with Crippen molar-refractivity contribution in [2.24, 2.45) is 5.92 Å². The highest BCUT2D eigenvalue weighted by Crippen LogP contribution is 2.40. The Morgan fingerprint density at radius 3 is 2.55 bits per heavy atom. The van der Waals surface area contributed by atoms with Crippen molar-refractivity contribution in [2.45, 2.75) is 19.3 Å². The van der Waals surface area contributed by atoms with Crippen LogP contribution in [-0.2, 0) is 16.0 Å². The van der Waals surface area contributed by atoms with Gasteiger partial charge in [-0.25, -0.2) is 4.39 Å². The molecule has 1 aliphatic heterocycles. The monoisotopic (exact) mass is 602 g/mol. The summed E-state index contributed by atoms with van der Waals surface area (Å²) in [7, 11) is 3.13. The van der Waals surface area contributed by atoms with Gasteiger partial charge in [-0.3, -0.25) is 14.6 Å². The van der Waals surface area contributed by atoms with Crippen molar-refractivity contribution >= 4 is 28.4 Å². The number of hydrogen-bond acceptors (Lipinski definition) is 8. The van der Waals surface area contributed by atoms with Gasteiger partial charge in [-0.15, -0.1) is 0 Å². The number of benzene rings is 3. The van der Waals surface area contributed by atoms with Gasteiger partial charge in [-0.1, -0.05) is 12.1 Å². The average molecular weight is 603 g/mol. The highest BCUT2D eigenvalue weighted by molar-refractivity contribution is 6.39. The molecule has 3 N–H and O–H groups in total. The van der Waals surface area contributed by atoms with Crippen LogP contribution in [0.3, 0.4) is 0 Å². The Bertz CT molecular complexity index is 1630. The van der Waals surface area contributed by atoms with Crippen LogP contribution in [0, 0.1) is 11.7 Å². The third kappa shape index (κ3) is 7.54. The van der Waals surface area contributed by atoms with Crippen molar-refractivity contribution in [2.75, 3.05) is 45.8 Å². The Kier molecular flexibility index (Phi) is 10.1. The lowest BCUT2D eigenvalue weighted by molar-refractivity contribution is -0.136. The van der Waals surface area contributed by atoms with Crippen LogP contribution in [0.25, 0.3) is 10.9 Å². The minimum Gasteiger partial charge on any atom is -0.497 e. The molecule has 0 radical (unpaired) electrons. The third-order valence-corrected chi connectivity index (χ3v) is 7.38. The largest absolute Gasteiger partial charge is 0.497 e. The number of methoxy groups -OCH3 is 2. The molecule has 0 aliphatic carbocycles. The fourth-order valence-electron chi connectivity index (χ4n) is 5.00. The number of carbonyl (C=O) groups is 2. The number of hydrogen-bond donors (Lipinski definition) is 3. The first-order chi connectivity index (χ1) is 21.4. The molecule has 2 amide bonds. The maximum Gasteiger partial charge on any atom is 0.313 e. The first-order valence-electron chi connectivity index (χ1n) is 14.4. The summed E-state index contributed by atoms with van der Waals surface area (Å²) >= 11 is 0. The summed E-state index contributed by atoms with van der Waals surface area (Å²) in [6.45, 7) is 2.79. The molecule has 0 unspecified atom stereocenters. The van der Waals surface area contributed by atoms with E-state index in [1.165, 1.54) is 12.1 Å². The zero-order chi connectivity index (χ0) is 30.9. The SMILES string of the molecule is COc1cccc(CCNC(=O)C(=O)Nc2ccc(Oc3ccnc4c(OC)c(OCC5CCNCC5)ccc34)c(F)c2)c1. The number of piperidine rings is 1. The number of nitrogens with one attached hydrogen (secondary N) is 3. The Morgan fingerprint density at radius 2 is 1.77 bits per heavy atom. The van der Waals surface area contributed by atoms with Crippen molar-refractivity contribution in [3.63, 3.8) is 0 Å². The zero-order valence-electron chi connectivity index (χ0n) is 24.7. The molecule has 0 atom stereocenters. The lowest BCUT2D eigenvalue weighted by Gasteiger charge is -2.23. The lowest BCUT2D eigenvalue weighted by Crippen LogP contribution is -2.36. The van der Waals surface area contributed by atoms with E-state index in [-0.39, 0.29) is 18.0 Å². The number of anilines is 1. The number of pyridine rings is 1. The van der Waals surface area contributed by atoms with Gasteiger partial charge >= 0.3 is 11.8 Å². The molecule has 5 rings (SSSR count). The number of ether oxygens (including phenoxy) is 4. The molecular weight excluding hydrogens is 567 g/mol. The topological polar surface area (TPSA) is 120 Å². The maximum absolute atomic E-state index is 15.1. The summed E-state index contributed by atoms with van der Waals surface area (Å²) in [5, 5.41) is 8.94. The van der Waals surface area contributed by atoms with Gasteiger partial charge in [0.15, 0.2) is 23.1 Å². The minimum absolute atomic E-state index is 0.0663. The molecule has 230 valence electrons. The summed E-state index contributed by atoms with van der Waals surface area (Å²) < 4.78 is 37.9. The predicted molar refractivity (Wildman–Crippen MR) is 164 cm³/mol. The highest BCUT2D eigenvalue weighted by Gasteiger charge is 2.19. The molecule has 1 aromatic heterocycles. The van der Waals surface area contributed by atoms with Gasteiger partial charge in [0.05, 0.1) is 20.8 Å². The standard InChI is InChI=1S/C33H35FN4O6/c1-41-24-5-3-4-21(18-24)12-16-37-32(39)33(40)38-23-6-8-28(26(34)19-23)44-27-13-17-36-30-25(27)7-9-29(31(30)42-2)43-20-22-10-14-35-15-11-22/h3-9,13,17-19,22,35H,10-12,14-16,20H2,1-2H3,(H,37,39)(H,38,40). The van der Waals surface area contributed by atoms with Crippen molar-refractivity contribution in [1.82, 2.24) is 15.6 Å². The first kappa shape index (κ1) is 30.6. The number of carbonyl (C=O) groups excluding carboxylic acids is 2. The van der Waals surface area contributed by atoms with Crippen molar-refractivity contribution < 1.29 is 32.9 Å². The molecule has 3 aromatic carbocycles. The van der Waals surface area contributed by atoms with E-state index in [0.29, 0.717) is 52.8 Å². The summed E-state index contributed by atoms with van der Waals surface area (Å²) in [5.41, 5.74) is 1.58. The van der Waals surface area contributed by atoms with Crippen LogP contribution in [0.2, 0.25) is 0 Å². The van der Waals surface area contributed by atoms with Gasteiger partial charge in [0, 0.05) is 29.9 Å². The van der Waals surface area contributed by atoms with Crippen molar-refractivity contribution in [3.05, 3.63) is 78.2 Å². The van der Waals surface area contributed by atoms with E-state index in [9.17, 15) is 9.59 Å². The van der Waals surface area contributed by atoms with Crippen LogP contribution in [0.1, 0.15) is 18.4 Å². The maximum atomic E-state index is 15.1. The minimum atomic E-state index is -0.908. The summed E-state index contributed by atoms with van der Waals surface area (Å²) in [6.07, 6.45) is 4.17. The fourth-order valence-corrected chi connectivity index (χ4v) is 5.00. The van der Waals surface area contributed by atoms with Crippen LogP contribution in [-0.4, -0.2) is 57.3 Å². The predicted octanol–water partition coefficient (Wildman–Crippen LogP) is 4.86. The Hall–Kier alpha value is -4.90. The number of rotatable bonds is 11. The number of aromatic nitrogens is 1. The van der Waals surface area contributed by atoms with Crippen LogP contribution in [0.4, 0.5) is 10.1 Å². The molecule has 0 spiro atoms. The number of halogens is 1. The lowest BCUT2D eigenvalue weighted by atomic mass is 9.99. The first-order valence-corrected chi connectivity index (χ1v) is 14.4. The van der Waals surface area contributed by atoms with E-state index in [2.05, 4.69) is 20.9 Å². The smallest absolute Gasteiger partial charge is 0.313 e. The second kappa shape index (κ2) is 14.5. The second-order valence-electron chi connectivity index (χ2n) is 10.4. The molecule has 1 fully saturated rings. The summed E-state index contributed by atoms with van der Waals surface area (Å²) in [6, 6.07) is 16.6. The summed E-state index contributed by atoms with van der Waals surface area (Å²) in [4.78, 5) is 29.1. The molecule has 10 nitrogen and oxygen atoms in total. The molecular formula is C33H35FN4O6. The van der Waals surface area contributed by atoms with Crippen LogP contribution >= 0.6 is 0 Å². The van der Waals surface area contributed by atoms with Gasteiger partial charge in [0.25, 0.3) is 0 Å². The van der Waals surface area contributed by atoms with E-state index >= 15 is 4.39 Å². The molecule has 44 heavy (non-hydrogen) atoms. The van der Waals surface area contributed by atoms with Crippen LogP contribution in [0.5, 0.6) is 28.7 Å². The molecule has 0 saturated carbocycles. The van der Waals surface area contributed by atoms with E-state index < -0.39 is 17.6 Å². The van der Waals surface area contributed by atoms with E-state index in [4.69, 9.17) is 18.9 Å². The van der Waals surface area contributed by atoms with Gasteiger partial charge < -0.3 is 34.9 Å². The Labute approximate surface area is 254 Å². The molecule has 0 bridgehead atoms. The quantitative estimate of drug-likeness (QED) is 0.208. The van der Waals surface area contributed by atoms with Gasteiger partial charge in [-0.2, -0.15) is 0 Å².